The Balaban J connectivity index is 2.11. The molecule has 0 aliphatic carbocycles. The second-order valence-corrected chi connectivity index (χ2v) is 6.41. The molecule has 2 aromatic rings. The third kappa shape index (κ3) is 4.38. The number of nitrogens with one attached hydrogen (secondary N) is 1. The zero-order valence-corrected chi connectivity index (χ0v) is 15.2. The number of benzene rings is 2. The lowest BCUT2D eigenvalue weighted by atomic mass is 9.98. The Morgan fingerprint density at radius 1 is 1.12 bits per heavy atom. The predicted octanol–water partition coefficient (Wildman–Crippen LogP) is 5.22. The van der Waals surface area contributed by atoms with Gasteiger partial charge in [-0.3, -0.25) is 4.79 Å². The Morgan fingerprint density at radius 2 is 1.83 bits per heavy atom. The van der Waals surface area contributed by atoms with Crippen LogP contribution in [0.5, 0.6) is 5.75 Å². The molecule has 128 valence electrons. The molecule has 2 unspecified atom stereocenters. The van der Waals surface area contributed by atoms with Crippen LogP contribution in [-0.2, 0) is 4.79 Å². The monoisotopic (exact) mass is 325 g/mol. The smallest absolute Gasteiger partial charge is 0.265 e. The minimum Gasteiger partial charge on any atom is -0.481 e. The largest absolute Gasteiger partial charge is 0.481 e. The molecule has 0 aromatic heterocycles. The first-order valence-electron chi connectivity index (χ1n) is 8.56. The highest BCUT2D eigenvalue weighted by Crippen LogP contribution is 2.29. The lowest BCUT2D eigenvalue weighted by molar-refractivity contribution is -0.122. The summed E-state index contributed by atoms with van der Waals surface area (Å²) in [6.45, 7) is 10.1. The third-order valence-corrected chi connectivity index (χ3v) is 4.39. The average molecular weight is 325 g/mol. The normalized spacial score (nSPS) is 13.2. The minimum absolute atomic E-state index is 0.136. The molecule has 1 amide bonds. The highest BCUT2D eigenvalue weighted by atomic mass is 16.5. The number of hydrogen-bond donors (Lipinski definition) is 1. The maximum Gasteiger partial charge on any atom is 0.265 e. The van der Waals surface area contributed by atoms with Crippen molar-refractivity contribution in [1.82, 2.24) is 0 Å². The van der Waals surface area contributed by atoms with Crippen LogP contribution >= 0.6 is 0 Å². The van der Waals surface area contributed by atoms with E-state index in [-0.39, 0.29) is 5.91 Å². The number of carbonyl (C=O) groups is 1. The molecule has 2 rings (SSSR count). The first-order chi connectivity index (χ1) is 11.4. The second-order valence-electron chi connectivity index (χ2n) is 6.41. The highest BCUT2D eigenvalue weighted by Gasteiger charge is 2.18. The molecule has 3 heteroatoms. The van der Waals surface area contributed by atoms with Gasteiger partial charge in [0.25, 0.3) is 5.91 Å². The fraction of sp³-hybridized carbons (Fsp3) is 0.381. The number of aryl methyl sites for hydroxylation is 2. The molecule has 0 spiro atoms. The molecular weight excluding hydrogens is 298 g/mol. The van der Waals surface area contributed by atoms with Crippen LogP contribution in [0, 0.1) is 13.8 Å². The van der Waals surface area contributed by atoms with Crippen molar-refractivity contribution in [3.05, 3.63) is 59.2 Å². The molecule has 0 fully saturated rings. The van der Waals surface area contributed by atoms with Crippen molar-refractivity contribution < 1.29 is 9.53 Å². The van der Waals surface area contributed by atoms with Gasteiger partial charge in [0.2, 0.25) is 0 Å². The maximum absolute atomic E-state index is 12.5. The summed E-state index contributed by atoms with van der Waals surface area (Å²) in [4.78, 5) is 12.5. The van der Waals surface area contributed by atoms with Crippen LogP contribution in [0.15, 0.2) is 42.5 Å². The molecular formula is C21H27NO2. The number of rotatable bonds is 6. The molecule has 0 radical (unpaired) electrons. The molecule has 24 heavy (non-hydrogen) atoms. The van der Waals surface area contributed by atoms with E-state index in [1.165, 1.54) is 0 Å². The topological polar surface area (TPSA) is 38.3 Å². The summed E-state index contributed by atoms with van der Waals surface area (Å²) < 4.78 is 5.96. The van der Waals surface area contributed by atoms with Crippen LogP contribution < -0.4 is 10.1 Å². The molecule has 0 aliphatic rings. The fourth-order valence-electron chi connectivity index (χ4n) is 2.56. The molecule has 1 N–H and O–H groups in total. The van der Waals surface area contributed by atoms with Crippen molar-refractivity contribution in [2.24, 2.45) is 0 Å². The SMILES string of the molecule is CCC(C)c1ccccc1OC(C)C(=O)Nc1cc(C)ccc1C. The first kappa shape index (κ1) is 18.1. The molecule has 2 aromatic carbocycles. The van der Waals surface area contributed by atoms with Gasteiger partial charge in [0.1, 0.15) is 5.75 Å². The van der Waals surface area contributed by atoms with Crippen LogP contribution in [-0.4, -0.2) is 12.0 Å². The molecule has 3 nitrogen and oxygen atoms in total. The van der Waals surface area contributed by atoms with Gasteiger partial charge in [-0.1, -0.05) is 44.2 Å². The van der Waals surface area contributed by atoms with Gasteiger partial charge in [0.15, 0.2) is 6.10 Å². The Morgan fingerprint density at radius 3 is 2.54 bits per heavy atom. The lowest BCUT2D eigenvalue weighted by Gasteiger charge is -2.20. The molecule has 0 saturated carbocycles. The van der Waals surface area contributed by atoms with Gasteiger partial charge in [-0.25, -0.2) is 0 Å². The van der Waals surface area contributed by atoms with E-state index in [4.69, 9.17) is 4.74 Å². The number of carbonyl (C=O) groups excluding carboxylic acids is 1. The third-order valence-electron chi connectivity index (χ3n) is 4.39. The van der Waals surface area contributed by atoms with Gasteiger partial charge in [-0.05, 0) is 61.9 Å². The number of ether oxygens (including phenoxy) is 1. The van der Waals surface area contributed by atoms with Crippen LogP contribution in [0.1, 0.15) is 49.8 Å². The van der Waals surface area contributed by atoms with Gasteiger partial charge >= 0.3 is 0 Å². The first-order valence-corrected chi connectivity index (χ1v) is 8.56. The summed E-state index contributed by atoms with van der Waals surface area (Å²) in [6, 6.07) is 14.0. The van der Waals surface area contributed by atoms with Gasteiger partial charge in [0, 0.05) is 5.69 Å². The van der Waals surface area contributed by atoms with Gasteiger partial charge < -0.3 is 10.1 Å². The Kier molecular flexibility index (Phi) is 6.02. The summed E-state index contributed by atoms with van der Waals surface area (Å²) in [6.07, 6.45) is 0.471. The Bertz CT molecular complexity index is 709. The summed E-state index contributed by atoms with van der Waals surface area (Å²) in [5, 5.41) is 2.97. The molecule has 0 aliphatic heterocycles. The minimum atomic E-state index is -0.560. The standard InChI is InChI=1S/C21H27NO2/c1-6-15(3)18-9-7-8-10-20(18)24-17(5)21(23)22-19-13-14(2)11-12-16(19)4/h7-13,15,17H,6H2,1-5H3,(H,22,23). The molecule has 2 atom stereocenters. The number of amides is 1. The van der Waals surface area contributed by atoms with Crippen LogP contribution in [0.2, 0.25) is 0 Å². The second kappa shape index (κ2) is 8.00. The van der Waals surface area contributed by atoms with Crippen LogP contribution in [0.25, 0.3) is 0 Å². The quantitative estimate of drug-likeness (QED) is 0.790. The van der Waals surface area contributed by atoms with E-state index in [9.17, 15) is 4.79 Å². The summed E-state index contributed by atoms with van der Waals surface area (Å²) in [5.41, 5.74) is 4.14. The summed E-state index contributed by atoms with van der Waals surface area (Å²) >= 11 is 0. The van der Waals surface area contributed by atoms with Crippen molar-refractivity contribution in [1.29, 1.82) is 0 Å². The van der Waals surface area contributed by atoms with E-state index < -0.39 is 6.10 Å². The van der Waals surface area contributed by atoms with Crippen molar-refractivity contribution in [3.8, 4) is 5.75 Å². The highest BCUT2D eigenvalue weighted by molar-refractivity contribution is 5.94. The van der Waals surface area contributed by atoms with Crippen LogP contribution in [0.3, 0.4) is 0 Å². The van der Waals surface area contributed by atoms with Crippen molar-refractivity contribution >= 4 is 11.6 Å². The molecule has 0 heterocycles. The van der Waals surface area contributed by atoms with E-state index >= 15 is 0 Å². The maximum atomic E-state index is 12.5. The summed E-state index contributed by atoms with van der Waals surface area (Å²) in [7, 11) is 0. The lowest BCUT2D eigenvalue weighted by Crippen LogP contribution is -2.30. The average Bonchev–Trinajstić information content (AvgIpc) is 2.57. The number of anilines is 1. The molecule has 0 bridgehead atoms. The molecule has 0 saturated heterocycles. The van der Waals surface area contributed by atoms with Crippen molar-refractivity contribution in [2.75, 3.05) is 5.32 Å². The van der Waals surface area contributed by atoms with Crippen LogP contribution in [0.4, 0.5) is 5.69 Å². The van der Waals surface area contributed by atoms with Gasteiger partial charge in [0.05, 0.1) is 0 Å². The zero-order chi connectivity index (χ0) is 17.7. The number of hydrogen-bond acceptors (Lipinski definition) is 2. The van der Waals surface area contributed by atoms with E-state index in [0.717, 1.165) is 34.5 Å². The van der Waals surface area contributed by atoms with E-state index in [0.29, 0.717) is 5.92 Å². The van der Waals surface area contributed by atoms with E-state index in [2.05, 4.69) is 25.2 Å². The Hall–Kier alpha value is -2.29. The predicted molar refractivity (Wildman–Crippen MR) is 99.8 cm³/mol. The zero-order valence-electron chi connectivity index (χ0n) is 15.2. The fourth-order valence-corrected chi connectivity index (χ4v) is 2.56. The Labute approximate surface area is 145 Å². The number of para-hydroxylation sites is 1. The van der Waals surface area contributed by atoms with Crippen molar-refractivity contribution in [2.45, 2.75) is 53.1 Å². The van der Waals surface area contributed by atoms with E-state index in [1.807, 2.05) is 50.2 Å². The van der Waals surface area contributed by atoms with Gasteiger partial charge in [-0.15, -0.1) is 0 Å². The summed E-state index contributed by atoms with van der Waals surface area (Å²) in [5.74, 6) is 1.05. The van der Waals surface area contributed by atoms with Gasteiger partial charge in [-0.2, -0.15) is 0 Å². The van der Waals surface area contributed by atoms with E-state index in [1.54, 1.807) is 6.92 Å². The van der Waals surface area contributed by atoms with Crippen molar-refractivity contribution in [3.63, 3.8) is 0 Å².